The van der Waals surface area contributed by atoms with Crippen molar-refractivity contribution in [2.45, 2.75) is 64.8 Å². The van der Waals surface area contributed by atoms with E-state index >= 15 is 0 Å². The number of allylic oxidation sites excluding steroid dienone is 2. The van der Waals surface area contributed by atoms with E-state index in [0.29, 0.717) is 6.61 Å². The molecule has 0 spiro atoms. The van der Waals surface area contributed by atoms with Crippen LogP contribution in [-0.4, -0.2) is 43.8 Å². The zero-order chi connectivity index (χ0) is 23.3. The summed E-state index contributed by atoms with van der Waals surface area (Å²) in [4.78, 5) is 26.4. The van der Waals surface area contributed by atoms with Crippen LogP contribution >= 0.6 is 0 Å². The van der Waals surface area contributed by atoms with Crippen molar-refractivity contribution in [3.63, 3.8) is 0 Å². The molecule has 0 aromatic carbocycles. The van der Waals surface area contributed by atoms with E-state index in [1.54, 1.807) is 18.6 Å². The Morgan fingerprint density at radius 2 is 2.03 bits per heavy atom. The number of carbonyl (C=O) groups excluding carboxylic acids is 2. The Balaban J connectivity index is 1.56. The average molecular weight is 453 g/mol. The molecule has 33 heavy (non-hydrogen) atoms. The fraction of sp³-hybridized carbons (Fsp3) is 0.630. The van der Waals surface area contributed by atoms with Gasteiger partial charge in [-0.1, -0.05) is 32.4 Å². The van der Waals surface area contributed by atoms with Crippen molar-refractivity contribution in [3.05, 3.63) is 47.5 Å². The maximum Gasteiger partial charge on any atom is 0.305 e. The molecular formula is C27H32O6. The summed E-state index contributed by atoms with van der Waals surface area (Å²) < 4.78 is 23.8. The normalized spacial score (nSPS) is 47.5. The highest BCUT2D eigenvalue weighted by atomic mass is 16.6. The molecule has 1 aromatic heterocycles. The van der Waals surface area contributed by atoms with E-state index in [9.17, 15) is 9.59 Å². The number of esters is 1. The molecule has 3 aliphatic carbocycles. The second kappa shape index (κ2) is 6.70. The SMILES string of the molecule is COC(=O)C[C@H]1[C@]2(C)C3=C(C)[C@H](c4ccoc4)C[C@@H]3O[C@@H]2[C@@H]2OC[C@]3(C)C=CC(=O)[C@@]1(C)[C@@H]23. The molecule has 9 atom stereocenters. The summed E-state index contributed by atoms with van der Waals surface area (Å²) in [6.07, 6.45) is 7.85. The van der Waals surface area contributed by atoms with Gasteiger partial charge in [0.25, 0.3) is 0 Å². The summed E-state index contributed by atoms with van der Waals surface area (Å²) >= 11 is 0. The molecule has 0 bridgehead atoms. The van der Waals surface area contributed by atoms with E-state index in [4.69, 9.17) is 18.6 Å². The fourth-order valence-electron chi connectivity index (χ4n) is 8.54. The predicted molar refractivity (Wildman–Crippen MR) is 119 cm³/mol. The molecule has 1 aromatic rings. The highest BCUT2D eigenvalue weighted by Crippen LogP contribution is 2.71. The third-order valence-corrected chi connectivity index (χ3v) is 9.91. The molecule has 176 valence electrons. The van der Waals surface area contributed by atoms with Gasteiger partial charge in [-0.15, -0.1) is 0 Å². The van der Waals surface area contributed by atoms with Gasteiger partial charge in [-0.3, -0.25) is 9.59 Å². The second-order valence-corrected chi connectivity index (χ2v) is 11.3. The molecule has 2 saturated heterocycles. The zero-order valence-corrected chi connectivity index (χ0v) is 19.9. The van der Waals surface area contributed by atoms with Crippen LogP contribution in [0.3, 0.4) is 0 Å². The Hall–Kier alpha value is -2.18. The summed E-state index contributed by atoms with van der Waals surface area (Å²) in [7, 11) is 1.42. The smallest absolute Gasteiger partial charge is 0.305 e. The van der Waals surface area contributed by atoms with Crippen molar-refractivity contribution in [1.82, 2.24) is 0 Å². The molecule has 6 rings (SSSR count). The van der Waals surface area contributed by atoms with Crippen molar-refractivity contribution in [3.8, 4) is 0 Å². The molecule has 6 nitrogen and oxygen atoms in total. The van der Waals surface area contributed by atoms with Gasteiger partial charge in [0, 0.05) is 28.1 Å². The first-order valence-corrected chi connectivity index (χ1v) is 12.0. The van der Waals surface area contributed by atoms with Crippen LogP contribution in [0.15, 0.2) is 46.3 Å². The molecule has 1 saturated carbocycles. The quantitative estimate of drug-likeness (QED) is 0.505. The number of fused-ring (bicyclic) bond motifs is 4. The van der Waals surface area contributed by atoms with Gasteiger partial charge < -0.3 is 18.6 Å². The summed E-state index contributed by atoms with van der Waals surface area (Å²) in [6, 6.07) is 2.01. The fourth-order valence-corrected chi connectivity index (χ4v) is 8.54. The van der Waals surface area contributed by atoms with E-state index in [0.717, 1.165) is 12.0 Å². The Labute approximate surface area is 194 Å². The molecule has 0 N–H and O–H groups in total. The number of hydrogen-bond donors (Lipinski definition) is 0. The first-order valence-electron chi connectivity index (χ1n) is 12.0. The average Bonchev–Trinajstić information content (AvgIpc) is 3.54. The molecule has 0 amide bonds. The van der Waals surface area contributed by atoms with E-state index in [1.807, 2.05) is 12.1 Å². The summed E-state index contributed by atoms with van der Waals surface area (Å²) in [6.45, 7) is 9.17. The molecule has 3 fully saturated rings. The number of rotatable bonds is 3. The molecular weight excluding hydrogens is 420 g/mol. The molecule has 2 aliphatic heterocycles. The van der Waals surface area contributed by atoms with Crippen LogP contribution in [0, 0.1) is 28.1 Å². The predicted octanol–water partition coefficient (Wildman–Crippen LogP) is 4.22. The minimum atomic E-state index is -0.747. The highest BCUT2D eigenvalue weighted by Gasteiger charge is 2.75. The lowest BCUT2D eigenvalue weighted by molar-refractivity contribution is -0.188. The topological polar surface area (TPSA) is 75.0 Å². The van der Waals surface area contributed by atoms with Crippen molar-refractivity contribution in [2.24, 2.45) is 28.1 Å². The van der Waals surface area contributed by atoms with E-state index in [-0.39, 0.29) is 59.7 Å². The number of carbonyl (C=O) groups is 2. The summed E-state index contributed by atoms with van der Waals surface area (Å²) in [5.41, 5.74) is 2.14. The van der Waals surface area contributed by atoms with Crippen LogP contribution in [0.4, 0.5) is 0 Å². The zero-order valence-electron chi connectivity index (χ0n) is 19.9. The van der Waals surface area contributed by atoms with Crippen molar-refractivity contribution in [2.75, 3.05) is 13.7 Å². The van der Waals surface area contributed by atoms with Gasteiger partial charge in [0.05, 0.1) is 51.0 Å². The molecule has 0 unspecified atom stereocenters. The lowest BCUT2D eigenvalue weighted by Crippen LogP contribution is -2.66. The lowest BCUT2D eigenvalue weighted by Gasteiger charge is -2.60. The van der Waals surface area contributed by atoms with Crippen molar-refractivity contribution >= 4 is 11.8 Å². The Morgan fingerprint density at radius 1 is 1.24 bits per heavy atom. The summed E-state index contributed by atoms with van der Waals surface area (Å²) in [5.74, 6) is -0.281. The van der Waals surface area contributed by atoms with Gasteiger partial charge in [0.1, 0.15) is 0 Å². The first-order chi connectivity index (χ1) is 15.7. The van der Waals surface area contributed by atoms with Gasteiger partial charge >= 0.3 is 5.97 Å². The maximum absolute atomic E-state index is 13.7. The van der Waals surface area contributed by atoms with Crippen LogP contribution in [0.2, 0.25) is 0 Å². The van der Waals surface area contributed by atoms with E-state index < -0.39 is 10.8 Å². The molecule has 5 aliphatic rings. The van der Waals surface area contributed by atoms with Gasteiger partial charge in [0.15, 0.2) is 5.78 Å². The highest BCUT2D eigenvalue weighted by molar-refractivity contribution is 5.97. The molecule has 3 heterocycles. The van der Waals surface area contributed by atoms with Crippen molar-refractivity contribution < 1.29 is 28.2 Å². The number of furan rings is 1. The third kappa shape index (κ3) is 2.46. The van der Waals surface area contributed by atoms with Crippen LogP contribution < -0.4 is 0 Å². The van der Waals surface area contributed by atoms with Crippen molar-refractivity contribution in [1.29, 1.82) is 0 Å². The standard InChI is InChI=1S/C27H32O6/c1-14-16(15-7-9-31-12-15)10-17-21(14)27(4)18(11-20(29)30-5)26(3)19(28)6-8-25(2)13-32-22(23(25)26)24(27)33-17/h6-9,12,16-18,22-24H,10-11,13H2,1-5H3/t16-,17+,18-,22-,23+,24-,25+,26+,27-/m1/s1. The maximum atomic E-state index is 13.7. The van der Waals surface area contributed by atoms with Gasteiger partial charge in [-0.05, 0) is 42.5 Å². The lowest BCUT2D eigenvalue weighted by atomic mass is 9.42. The van der Waals surface area contributed by atoms with Crippen LogP contribution in [0.1, 0.15) is 52.0 Å². The number of methoxy groups -OCH3 is 1. The van der Waals surface area contributed by atoms with E-state index in [2.05, 4.69) is 27.7 Å². The monoisotopic (exact) mass is 452 g/mol. The second-order valence-electron chi connectivity index (χ2n) is 11.3. The Kier molecular flexibility index (Phi) is 4.33. The number of ether oxygens (including phenoxy) is 3. The van der Waals surface area contributed by atoms with Gasteiger partial charge in [-0.2, -0.15) is 0 Å². The Morgan fingerprint density at radius 3 is 2.73 bits per heavy atom. The largest absolute Gasteiger partial charge is 0.472 e. The van der Waals surface area contributed by atoms with Gasteiger partial charge in [0.2, 0.25) is 0 Å². The first kappa shape index (κ1) is 21.4. The Bertz CT molecular complexity index is 1080. The minimum absolute atomic E-state index is 0.0420. The van der Waals surface area contributed by atoms with Gasteiger partial charge in [-0.25, -0.2) is 0 Å². The van der Waals surface area contributed by atoms with Crippen LogP contribution in [0.25, 0.3) is 0 Å². The van der Waals surface area contributed by atoms with E-state index in [1.165, 1.54) is 18.3 Å². The van der Waals surface area contributed by atoms with Crippen LogP contribution in [-0.2, 0) is 23.8 Å². The summed E-state index contributed by atoms with van der Waals surface area (Å²) in [5, 5.41) is 0. The number of ketones is 1. The number of hydrogen-bond acceptors (Lipinski definition) is 6. The minimum Gasteiger partial charge on any atom is -0.472 e. The molecule has 6 heteroatoms. The van der Waals surface area contributed by atoms with Crippen LogP contribution in [0.5, 0.6) is 0 Å². The third-order valence-electron chi connectivity index (χ3n) is 9.91. The molecule has 0 radical (unpaired) electrons.